The summed E-state index contributed by atoms with van der Waals surface area (Å²) in [7, 11) is 10.4. The second kappa shape index (κ2) is 29.1. The zero-order valence-electron chi connectivity index (χ0n) is 64.6. The first-order valence-electron chi connectivity index (χ1n) is 36.9. The van der Waals surface area contributed by atoms with Crippen LogP contribution in [0.2, 0.25) is 0 Å². The maximum Gasteiger partial charge on any atom is 0.228 e. The minimum absolute atomic E-state index is 0.697. The van der Waals surface area contributed by atoms with E-state index in [0.29, 0.717) is 5.71 Å². The molecule has 0 aliphatic rings. The summed E-state index contributed by atoms with van der Waals surface area (Å²) in [6, 6.07) is 58.1. The van der Waals surface area contributed by atoms with Crippen molar-refractivity contribution in [1.82, 2.24) is 24.9 Å². The molecule has 0 saturated carbocycles. The molecule has 0 radical (unpaired) electrons. The molecule has 20 rings (SSSR count). The fourth-order valence-corrected chi connectivity index (χ4v) is 15.7. The van der Waals surface area contributed by atoms with Crippen LogP contribution < -0.4 is 22.8 Å². The van der Waals surface area contributed by atoms with E-state index in [0.717, 1.165) is 127 Å². The lowest BCUT2D eigenvalue weighted by atomic mass is 9.98. The van der Waals surface area contributed by atoms with Crippen molar-refractivity contribution in [3.63, 3.8) is 0 Å². The van der Waals surface area contributed by atoms with E-state index in [1.807, 2.05) is 110 Å². The van der Waals surface area contributed by atoms with E-state index in [1.165, 1.54) is 89.5 Å². The Labute approximate surface area is 636 Å². The second-order valence-electron chi connectivity index (χ2n) is 29.0. The molecule has 0 aliphatic heterocycles. The van der Waals surface area contributed by atoms with Crippen LogP contribution in [-0.2, 0) is 35.2 Å². The average molecular weight is 1450 g/mol. The molecule has 0 saturated heterocycles. The highest BCUT2D eigenvalue weighted by Gasteiger charge is 2.27. The van der Waals surface area contributed by atoms with Gasteiger partial charge in [0.05, 0.1) is 56.7 Å². The molecule has 0 bridgehead atoms. The van der Waals surface area contributed by atoms with Crippen molar-refractivity contribution in [3.8, 4) is 56.3 Å². The first-order chi connectivity index (χ1) is 53.2. The number of benzene rings is 5. The van der Waals surface area contributed by atoms with Gasteiger partial charge in [-0.05, 0) is 176 Å². The lowest BCUT2D eigenvalue weighted by Crippen LogP contribution is -2.31. The molecule has 15 heterocycles. The van der Waals surface area contributed by atoms with Gasteiger partial charge in [-0.2, -0.15) is 0 Å². The Morgan fingerprint density at radius 2 is 0.636 bits per heavy atom. The van der Waals surface area contributed by atoms with Crippen LogP contribution in [0.1, 0.15) is 55.8 Å². The summed E-state index contributed by atoms with van der Waals surface area (Å²) in [5, 5.41) is 10.1. The van der Waals surface area contributed by atoms with Gasteiger partial charge in [0.15, 0.2) is 47.7 Å². The van der Waals surface area contributed by atoms with Crippen LogP contribution in [0.15, 0.2) is 266 Å². The van der Waals surface area contributed by atoms with Crippen LogP contribution in [-0.4, -0.2) is 24.9 Å². The molecule has 540 valence electrons. The number of rotatable bonds is 5. The van der Waals surface area contributed by atoms with Gasteiger partial charge in [-0.15, -0.1) is 0 Å². The number of pyridine rings is 10. The quantitative estimate of drug-likeness (QED) is 0.152. The summed E-state index contributed by atoms with van der Waals surface area (Å²) in [4.78, 5) is 22.0. The summed E-state index contributed by atoms with van der Waals surface area (Å²) in [5.41, 5.74) is 33.4. The highest BCUT2D eigenvalue weighted by Crippen LogP contribution is 2.42. The van der Waals surface area contributed by atoms with Gasteiger partial charge in [-0.25, -0.2) is 27.8 Å². The molecule has 5 aromatic carbocycles. The van der Waals surface area contributed by atoms with Gasteiger partial charge in [0.2, 0.25) is 34.2 Å². The third-order valence-corrected chi connectivity index (χ3v) is 20.8. The highest BCUT2D eigenvalue weighted by molar-refractivity contribution is 6.16. The van der Waals surface area contributed by atoms with Crippen molar-refractivity contribution < 1.29 is 44.9 Å². The molecular formula is C95H85N10O5+5. The van der Waals surface area contributed by atoms with Crippen molar-refractivity contribution in [1.29, 1.82) is 0 Å². The standard InChI is InChI=1S/5C19H17N2O/c1-12-4-6-15(21(3)11-12)18-13(2)5-7-17-19(18)14-10-20-9-8-16(14)22-17;1-12-4-6-15(21(3)11-12)18-13(2)5-7-16-19(18)14-8-9-20-10-17(14)22-16;1-12-6-8-14(21(3)11-12)17-13(2)7-9-15-18(17)19-16(22-15)5-4-10-20-19;1-12-8-9-15(21(3)11-12)18-13(2)20-10-17-19(18)14-6-4-5-7-16(14)22-17;1-12-8-9-15(21(3)11-12)17-13(2)10-20-19-18(17)14-6-4-5-7-16(14)22-19/h5*4-11H,1-3H3/q5*+1. The molecule has 0 N–H and O–H groups in total. The number of nitrogens with zero attached hydrogens (tertiary/aromatic N) is 10. The van der Waals surface area contributed by atoms with Crippen molar-refractivity contribution in [2.24, 2.45) is 35.2 Å². The van der Waals surface area contributed by atoms with Crippen LogP contribution in [0.25, 0.3) is 166 Å². The van der Waals surface area contributed by atoms with Gasteiger partial charge in [-0.3, -0.25) is 19.9 Å². The molecule has 20 aromatic rings. The molecular weight excluding hydrogens is 1360 g/mol. The van der Waals surface area contributed by atoms with E-state index in [4.69, 9.17) is 22.1 Å². The summed E-state index contributed by atoms with van der Waals surface area (Å²) < 4.78 is 40.6. The Balaban J connectivity index is 0.000000104. The van der Waals surface area contributed by atoms with Crippen LogP contribution in [0.3, 0.4) is 0 Å². The lowest BCUT2D eigenvalue weighted by molar-refractivity contribution is -0.660. The SMILES string of the molecule is Cc1ccc(-c2c(C)ccc3oc4cccnc4c23)[n+](C)c1.Cc1ccc(-c2c(C)ccc3oc4ccncc4c23)[n+](C)c1.Cc1ccc(-c2c(C)ccc3oc4cnccc4c23)[n+](C)c1.Cc1ccc(-c2c(C)cnc3oc4ccccc4c23)[n+](C)c1.Cc1ccc(-c2c(C)ncc3oc4ccccc4c23)[n+](C)c1. The molecule has 0 amide bonds. The van der Waals surface area contributed by atoms with E-state index in [-0.39, 0.29) is 0 Å². The predicted molar refractivity (Wildman–Crippen MR) is 438 cm³/mol. The number of para-hydroxylation sites is 2. The first-order valence-corrected chi connectivity index (χ1v) is 36.9. The fraction of sp³-hybridized carbons (Fsp3) is 0.158. The van der Waals surface area contributed by atoms with Crippen LogP contribution in [0.5, 0.6) is 0 Å². The van der Waals surface area contributed by atoms with E-state index >= 15 is 0 Å². The Hall–Kier alpha value is -13.4. The predicted octanol–water partition coefficient (Wildman–Crippen LogP) is 20.4. The molecule has 0 aliphatic carbocycles. The molecule has 0 fully saturated rings. The third-order valence-electron chi connectivity index (χ3n) is 20.8. The first kappa shape index (κ1) is 70.9. The van der Waals surface area contributed by atoms with Gasteiger partial charge in [-0.1, -0.05) is 54.6 Å². The number of aryl methyl sites for hydroxylation is 15. The Kier molecular flexibility index (Phi) is 18.7. The van der Waals surface area contributed by atoms with Crippen molar-refractivity contribution in [2.45, 2.75) is 69.2 Å². The Bertz CT molecular complexity index is 6040. The average Bonchev–Trinajstić information content (AvgIpc) is 1.60. The zero-order chi connectivity index (χ0) is 76.3. The number of hydrogen-bond acceptors (Lipinski definition) is 10. The van der Waals surface area contributed by atoms with Crippen molar-refractivity contribution in [2.75, 3.05) is 0 Å². The number of hydrogen-bond donors (Lipinski definition) is 0. The van der Waals surface area contributed by atoms with Crippen LogP contribution in [0, 0.1) is 69.2 Å². The van der Waals surface area contributed by atoms with Crippen molar-refractivity contribution in [3.05, 3.63) is 300 Å². The summed E-state index contributed by atoms with van der Waals surface area (Å²) in [5.74, 6) is 0. The van der Waals surface area contributed by atoms with E-state index in [9.17, 15) is 0 Å². The summed E-state index contributed by atoms with van der Waals surface area (Å²) in [6.07, 6.45) is 23.5. The minimum Gasteiger partial charge on any atom is -0.456 e. The van der Waals surface area contributed by atoms with E-state index < -0.39 is 0 Å². The van der Waals surface area contributed by atoms with Crippen molar-refractivity contribution >= 4 is 110 Å². The molecule has 110 heavy (non-hydrogen) atoms. The number of furan rings is 5. The van der Waals surface area contributed by atoms with Gasteiger partial charge >= 0.3 is 0 Å². The Morgan fingerprint density at radius 1 is 0.245 bits per heavy atom. The smallest absolute Gasteiger partial charge is 0.228 e. The maximum absolute atomic E-state index is 5.98. The fourth-order valence-electron chi connectivity index (χ4n) is 15.7. The number of aromatic nitrogens is 10. The molecule has 0 spiro atoms. The minimum atomic E-state index is 0.697. The van der Waals surface area contributed by atoms with E-state index in [1.54, 1.807) is 12.4 Å². The van der Waals surface area contributed by atoms with Gasteiger partial charge in [0.25, 0.3) is 0 Å². The lowest BCUT2D eigenvalue weighted by Gasteiger charge is -2.06. The molecule has 0 atom stereocenters. The molecule has 15 nitrogen and oxygen atoms in total. The Morgan fingerprint density at radius 3 is 1.17 bits per heavy atom. The highest BCUT2D eigenvalue weighted by atomic mass is 16.3. The van der Waals surface area contributed by atoms with Gasteiger partial charge in [0, 0.05) is 127 Å². The molecule has 0 unspecified atom stereocenters. The monoisotopic (exact) mass is 1450 g/mol. The summed E-state index contributed by atoms with van der Waals surface area (Å²) >= 11 is 0. The normalized spacial score (nSPS) is 11.4. The zero-order valence-corrected chi connectivity index (χ0v) is 64.6. The van der Waals surface area contributed by atoms with E-state index in [2.05, 4.69) is 274 Å². The topological polar surface area (TPSA) is 150 Å². The number of fused-ring (bicyclic) bond motifs is 15. The largest absolute Gasteiger partial charge is 0.456 e. The maximum atomic E-state index is 5.98. The molecule has 15 aromatic heterocycles. The van der Waals surface area contributed by atoms with Gasteiger partial charge < -0.3 is 22.1 Å². The molecule has 15 heteroatoms. The van der Waals surface area contributed by atoms with Gasteiger partial charge in [0.1, 0.15) is 74.3 Å². The summed E-state index contributed by atoms with van der Waals surface area (Å²) in [6.45, 7) is 21.1. The third kappa shape index (κ3) is 13.1. The van der Waals surface area contributed by atoms with Crippen LogP contribution in [0.4, 0.5) is 0 Å². The second-order valence-corrected chi connectivity index (χ2v) is 29.0. The van der Waals surface area contributed by atoms with Crippen LogP contribution >= 0.6 is 0 Å².